The lowest BCUT2D eigenvalue weighted by Crippen LogP contribution is -2.42. The van der Waals surface area contributed by atoms with Crippen molar-refractivity contribution in [1.82, 2.24) is 10.2 Å². The fourth-order valence-corrected chi connectivity index (χ4v) is 3.71. The van der Waals surface area contributed by atoms with E-state index in [1.54, 1.807) is 11.8 Å². The predicted octanol–water partition coefficient (Wildman–Crippen LogP) is 1.58. The Balaban J connectivity index is 1.70. The summed E-state index contributed by atoms with van der Waals surface area (Å²) in [4.78, 5) is 26.3. The van der Waals surface area contributed by atoms with Crippen LogP contribution in [0.3, 0.4) is 0 Å². The third kappa shape index (κ3) is 3.51. The van der Waals surface area contributed by atoms with E-state index >= 15 is 0 Å². The maximum Gasteiger partial charge on any atom is 0.222 e. The Kier molecular flexibility index (Phi) is 5.00. The molecule has 5 nitrogen and oxygen atoms in total. The second-order valence-electron chi connectivity index (χ2n) is 6.62. The highest BCUT2D eigenvalue weighted by atomic mass is 16.3. The summed E-state index contributed by atoms with van der Waals surface area (Å²) < 4.78 is 0. The third-order valence-corrected chi connectivity index (χ3v) is 4.95. The highest BCUT2D eigenvalue weighted by Gasteiger charge is 2.31. The normalized spacial score (nSPS) is 25.4. The molecule has 1 aliphatic heterocycles. The molecule has 0 saturated heterocycles. The molecule has 128 valence electrons. The molecule has 1 unspecified atom stereocenters. The van der Waals surface area contributed by atoms with Gasteiger partial charge in [0.2, 0.25) is 11.8 Å². The number of nitrogens with one attached hydrogen (secondary N) is 1. The van der Waals surface area contributed by atoms with Crippen LogP contribution in [0.1, 0.15) is 36.9 Å². The standard InChI is InChI=1S/C19H24N2O3/c1-13(23)21-9-8-15-4-2-3-5-17(15)18(21)11-19(24)20-16-7-6-14(10-16)12-22/h2-7,14,16,18,22H,8-12H2,1H3,(H,20,24)/t14-,16+,18?/m0/s1. The first-order valence-corrected chi connectivity index (χ1v) is 8.52. The summed E-state index contributed by atoms with van der Waals surface area (Å²) in [5, 5.41) is 12.2. The maximum atomic E-state index is 12.5. The Morgan fingerprint density at radius 2 is 2.08 bits per heavy atom. The van der Waals surface area contributed by atoms with Crippen molar-refractivity contribution in [2.45, 2.75) is 38.3 Å². The van der Waals surface area contributed by atoms with Gasteiger partial charge in [-0.2, -0.15) is 0 Å². The lowest BCUT2D eigenvalue weighted by atomic mass is 9.90. The van der Waals surface area contributed by atoms with E-state index in [0.717, 1.165) is 18.4 Å². The lowest BCUT2D eigenvalue weighted by Gasteiger charge is -2.36. The molecule has 2 aliphatic rings. The van der Waals surface area contributed by atoms with Crippen LogP contribution in [0.15, 0.2) is 36.4 Å². The van der Waals surface area contributed by atoms with Crippen LogP contribution in [0.4, 0.5) is 0 Å². The Hall–Kier alpha value is -2.14. The molecule has 0 spiro atoms. The summed E-state index contributed by atoms with van der Waals surface area (Å²) >= 11 is 0. The van der Waals surface area contributed by atoms with E-state index in [-0.39, 0.29) is 42.8 Å². The van der Waals surface area contributed by atoms with Crippen LogP contribution in [0.2, 0.25) is 0 Å². The van der Waals surface area contributed by atoms with Crippen molar-refractivity contribution in [3.63, 3.8) is 0 Å². The minimum atomic E-state index is -0.202. The first-order chi connectivity index (χ1) is 11.6. The smallest absolute Gasteiger partial charge is 0.222 e. The SMILES string of the molecule is CC(=O)N1CCc2ccccc2C1CC(=O)N[C@@H]1C=C[C@H](CO)C1. The molecule has 24 heavy (non-hydrogen) atoms. The van der Waals surface area contributed by atoms with Gasteiger partial charge in [-0.25, -0.2) is 0 Å². The number of amides is 2. The van der Waals surface area contributed by atoms with E-state index in [9.17, 15) is 14.7 Å². The summed E-state index contributed by atoms with van der Waals surface area (Å²) in [6.45, 7) is 2.32. The topological polar surface area (TPSA) is 69.6 Å². The number of hydrogen-bond acceptors (Lipinski definition) is 3. The fourth-order valence-electron chi connectivity index (χ4n) is 3.71. The van der Waals surface area contributed by atoms with Gasteiger partial charge in [0.15, 0.2) is 0 Å². The van der Waals surface area contributed by atoms with Gasteiger partial charge in [-0.05, 0) is 24.0 Å². The van der Waals surface area contributed by atoms with Crippen molar-refractivity contribution in [1.29, 1.82) is 0 Å². The zero-order chi connectivity index (χ0) is 17.1. The number of nitrogens with zero attached hydrogens (tertiary/aromatic N) is 1. The van der Waals surface area contributed by atoms with Crippen LogP contribution in [0, 0.1) is 5.92 Å². The van der Waals surface area contributed by atoms with E-state index in [1.807, 2.05) is 30.4 Å². The molecule has 0 fully saturated rings. The average molecular weight is 328 g/mol. The Bertz CT molecular complexity index is 656. The largest absolute Gasteiger partial charge is 0.396 e. The van der Waals surface area contributed by atoms with Gasteiger partial charge in [-0.3, -0.25) is 9.59 Å². The van der Waals surface area contributed by atoms with Gasteiger partial charge >= 0.3 is 0 Å². The number of carbonyl (C=O) groups is 2. The van der Waals surface area contributed by atoms with Gasteiger partial charge < -0.3 is 15.3 Å². The van der Waals surface area contributed by atoms with Gasteiger partial charge in [0.1, 0.15) is 0 Å². The molecule has 1 aliphatic carbocycles. The number of fused-ring (bicyclic) bond motifs is 1. The molecule has 0 saturated carbocycles. The molecule has 3 atom stereocenters. The van der Waals surface area contributed by atoms with Crippen LogP contribution in [-0.4, -0.2) is 41.0 Å². The van der Waals surface area contributed by atoms with Crippen LogP contribution < -0.4 is 5.32 Å². The molecule has 2 amide bonds. The molecule has 0 aromatic heterocycles. The van der Waals surface area contributed by atoms with Crippen LogP contribution >= 0.6 is 0 Å². The molecule has 1 aromatic rings. The molecule has 1 heterocycles. The van der Waals surface area contributed by atoms with Crippen molar-refractivity contribution in [2.24, 2.45) is 5.92 Å². The first kappa shape index (κ1) is 16.7. The number of aliphatic hydroxyl groups excluding tert-OH is 1. The van der Waals surface area contributed by atoms with E-state index in [2.05, 4.69) is 11.4 Å². The summed E-state index contributed by atoms with van der Waals surface area (Å²) in [5.41, 5.74) is 2.29. The average Bonchev–Trinajstić information content (AvgIpc) is 3.02. The number of benzene rings is 1. The van der Waals surface area contributed by atoms with E-state index in [0.29, 0.717) is 6.54 Å². The third-order valence-electron chi connectivity index (χ3n) is 4.95. The number of hydrogen-bond donors (Lipinski definition) is 2. The zero-order valence-electron chi connectivity index (χ0n) is 13.9. The lowest BCUT2D eigenvalue weighted by molar-refractivity contribution is -0.133. The number of carbonyl (C=O) groups excluding carboxylic acids is 2. The summed E-state index contributed by atoms with van der Waals surface area (Å²) in [7, 11) is 0. The molecule has 0 radical (unpaired) electrons. The summed E-state index contributed by atoms with van der Waals surface area (Å²) in [6.07, 6.45) is 5.72. The van der Waals surface area contributed by atoms with Gasteiger partial charge in [-0.1, -0.05) is 36.4 Å². The Labute approximate surface area is 142 Å². The van der Waals surface area contributed by atoms with Crippen molar-refractivity contribution in [2.75, 3.05) is 13.2 Å². The van der Waals surface area contributed by atoms with E-state index in [4.69, 9.17) is 0 Å². The van der Waals surface area contributed by atoms with Crippen molar-refractivity contribution in [3.05, 3.63) is 47.5 Å². The van der Waals surface area contributed by atoms with Crippen LogP contribution in [-0.2, 0) is 16.0 Å². The highest BCUT2D eigenvalue weighted by Crippen LogP contribution is 2.32. The maximum absolute atomic E-state index is 12.5. The van der Waals surface area contributed by atoms with Gasteiger partial charge in [0.05, 0.1) is 12.5 Å². The van der Waals surface area contributed by atoms with Gasteiger partial charge in [0.25, 0.3) is 0 Å². The van der Waals surface area contributed by atoms with Gasteiger partial charge in [0, 0.05) is 32.0 Å². The minimum Gasteiger partial charge on any atom is -0.396 e. The van der Waals surface area contributed by atoms with E-state index < -0.39 is 0 Å². The Morgan fingerprint density at radius 1 is 1.29 bits per heavy atom. The van der Waals surface area contributed by atoms with Crippen molar-refractivity contribution < 1.29 is 14.7 Å². The molecular weight excluding hydrogens is 304 g/mol. The molecule has 2 N–H and O–H groups in total. The monoisotopic (exact) mass is 328 g/mol. The van der Waals surface area contributed by atoms with Crippen molar-refractivity contribution >= 4 is 11.8 Å². The van der Waals surface area contributed by atoms with E-state index in [1.165, 1.54) is 5.56 Å². The second-order valence-corrected chi connectivity index (χ2v) is 6.62. The molecule has 0 bridgehead atoms. The summed E-state index contributed by atoms with van der Waals surface area (Å²) in [6, 6.07) is 7.81. The Morgan fingerprint density at radius 3 is 2.79 bits per heavy atom. The van der Waals surface area contributed by atoms with Gasteiger partial charge in [-0.15, -0.1) is 0 Å². The molecular formula is C19H24N2O3. The number of rotatable bonds is 4. The van der Waals surface area contributed by atoms with Crippen LogP contribution in [0.5, 0.6) is 0 Å². The quantitative estimate of drug-likeness (QED) is 0.825. The predicted molar refractivity (Wildman–Crippen MR) is 91.2 cm³/mol. The zero-order valence-corrected chi connectivity index (χ0v) is 13.9. The highest BCUT2D eigenvalue weighted by molar-refractivity contribution is 5.80. The van der Waals surface area contributed by atoms with Crippen LogP contribution in [0.25, 0.3) is 0 Å². The second kappa shape index (κ2) is 7.18. The molecule has 3 rings (SSSR count). The fraction of sp³-hybridized carbons (Fsp3) is 0.474. The summed E-state index contributed by atoms with van der Waals surface area (Å²) in [5.74, 6) is 0.0685. The van der Waals surface area contributed by atoms with Crippen molar-refractivity contribution in [3.8, 4) is 0 Å². The molecule has 5 heteroatoms. The minimum absolute atomic E-state index is 0.00316. The number of aliphatic hydroxyl groups is 1. The molecule has 1 aromatic carbocycles. The first-order valence-electron chi connectivity index (χ1n) is 8.52.